The van der Waals surface area contributed by atoms with Crippen molar-refractivity contribution in [2.75, 3.05) is 19.1 Å². The van der Waals surface area contributed by atoms with Crippen LogP contribution in [0, 0.1) is 11.3 Å². The normalized spacial score (nSPS) is 13.3. The van der Waals surface area contributed by atoms with E-state index in [4.69, 9.17) is 16.9 Å². The molecule has 0 aliphatic carbocycles. The number of nitriles is 1. The molecule has 0 aromatic heterocycles. The van der Waals surface area contributed by atoms with Crippen molar-refractivity contribution in [1.82, 2.24) is 4.31 Å². The minimum absolute atomic E-state index is 0.104. The van der Waals surface area contributed by atoms with E-state index in [1.807, 2.05) is 19.2 Å². The Morgan fingerprint density at radius 3 is 2.63 bits per heavy atom. The third-order valence-electron chi connectivity index (χ3n) is 2.77. The van der Waals surface area contributed by atoms with Gasteiger partial charge in [0.2, 0.25) is 10.0 Å². The molecule has 1 unspecified atom stereocenters. The largest absolute Gasteiger partial charge is 0.243 e. The zero-order valence-corrected chi connectivity index (χ0v) is 13.3. The summed E-state index contributed by atoms with van der Waals surface area (Å²) in [5.74, 6) is 0.708. The second kappa shape index (κ2) is 6.62. The van der Waals surface area contributed by atoms with Gasteiger partial charge in [-0.15, -0.1) is 0 Å². The number of sulfonamides is 1. The van der Waals surface area contributed by atoms with Crippen LogP contribution < -0.4 is 0 Å². The molecule has 1 rings (SSSR count). The average Bonchev–Trinajstić information content (AvgIpc) is 2.37. The smallest absolute Gasteiger partial charge is 0.207 e. The maximum Gasteiger partial charge on any atom is 0.243 e. The first-order valence-electron chi connectivity index (χ1n) is 5.51. The van der Waals surface area contributed by atoms with Gasteiger partial charge in [0, 0.05) is 18.8 Å². The fourth-order valence-corrected chi connectivity index (χ4v) is 3.97. The Bertz CT molecular complexity index is 596. The van der Waals surface area contributed by atoms with Crippen LogP contribution in [0.25, 0.3) is 0 Å². The van der Waals surface area contributed by atoms with Gasteiger partial charge in [-0.3, -0.25) is 0 Å². The van der Waals surface area contributed by atoms with Gasteiger partial charge < -0.3 is 0 Å². The lowest BCUT2D eigenvalue weighted by molar-refractivity contribution is 0.415. The van der Waals surface area contributed by atoms with E-state index in [0.29, 0.717) is 5.75 Å². The topological polar surface area (TPSA) is 61.2 Å². The maximum atomic E-state index is 12.4. The highest BCUT2D eigenvalue weighted by atomic mass is 35.5. The number of hydrogen-bond donors (Lipinski definition) is 0. The summed E-state index contributed by atoms with van der Waals surface area (Å²) in [4.78, 5) is 0.104. The van der Waals surface area contributed by atoms with Crippen LogP contribution in [0.2, 0.25) is 5.02 Å². The van der Waals surface area contributed by atoms with Gasteiger partial charge in [0.15, 0.2) is 0 Å². The fraction of sp³-hybridized carbons (Fsp3) is 0.417. The monoisotopic (exact) mass is 318 g/mol. The van der Waals surface area contributed by atoms with Crippen LogP contribution in [0.3, 0.4) is 0 Å². The molecule has 0 fully saturated rings. The number of nitrogens with zero attached hydrogens (tertiary/aromatic N) is 2. The Hall–Kier alpha value is -0.740. The summed E-state index contributed by atoms with van der Waals surface area (Å²) in [6, 6.07) is 5.93. The van der Waals surface area contributed by atoms with Gasteiger partial charge in [0.25, 0.3) is 0 Å². The van der Waals surface area contributed by atoms with Crippen LogP contribution in [-0.4, -0.2) is 37.8 Å². The third-order valence-corrected chi connectivity index (χ3v) is 5.86. The molecule has 0 radical (unpaired) electrons. The molecule has 0 heterocycles. The second-order valence-corrected chi connectivity index (χ2v) is 7.39. The number of rotatable bonds is 5. The van der Waals surface area contributed by atoms with Gasteiger partial charge in [-0.1, -0.05) is 11.6 Å². The first kappa shape index (κ1) is 16.3. The predicted octanol–water partition coefficient (Wildman–Crippen LogP) is 2.58. The van der Waals surface area contributed by atoms with Gasteiger partial charge in [0.1, 0.15) is 6.07 Å². The number of benzene rings is 1. The van der Waals surface area contributed by atoms with Crippen molar-refractivity contribution in [1.29, 1.82) is 5.26 Å². The molecular weight excluding hydrogens is 304 g/mol. The van der Waals surface area contributed by atoms with Crippen LogP contribution in [0.4, 0.5) is 0 Å². The van der Waals surface area contributed by atoms with E-state index in [1.165, 1.54) is 22.5 Å². The average molecular weight is 319 g/mol. The Labute approximate surface area is 123 Å². The summed E-state index contributed by atoms with van der Waals surface area (Å²) in [6.45, 7) is 1.85. The molecule has 19 heavy (non-hydrogen) atoms. The summed E-state index contributed by atoms with van der Waals surface area (Å²) < 4.78 is 26.1. The van der Waals surface area contributed by atoms with Gasteiger partial charge in [0.05, 0.1) is 15.5 Å². The van der Waals surface area contributed by atoms with E-state index >= 15 is 0 Å². The first-order chi connectivity index (χ1) is 8.84. The minimum Gasteiger partial charge on any atom is -0.207 e. The molecule has 0 spiro atoms. The highest BCUT2D eigenvalue weighted by Gasteiger charge is 2.25. The SMILES string of the molecule is CSCC(C)N(C)S(=O)(=O)c1ccc(C#N)c(Cl)c1. The van der Waals surface area contributed by atoms with Crippen LogP contribution in [0.1, 0.15) is 12.5 Å². The molecule has 1 aromatic rings. The molecule has 1 aromatic carbocycles. The van der Waals surface area contributed by atoms with Gasteiger partial charge in [-0.2, -0.15) is 21.3 Å². The molecule has 0 saturated carbocycles. The number of halogens is 1. The summed E-state index contributed by atoms with van der Waals surface area (Å²) in [5, 5.41) is 8.93. The summed E-state index contributed by atoms with van der Waals surface area (Å²) in [7, 11) is -2.04. The third kappa shape index (κ3) is 3.63. The highest BCUT2D eigenvalue weighted by Crippen LogP contribution is 2.23. The Morgan fingerprint density at radius 2 is 2.16 bits per heavy atom. The van der Waals surface area contributed by atoms with Crippen molar-refractivity contribution in [3.8, 4) is 6.07 Å². The van der Waals surface area contributed by atoms with Gasteiger partial charge in [-0.05, 0) is 31.4 Å². The van der Waals surface area contributed by atoms with Crippen LogP contribution in [0.15, 0.2) is 23.1 Å². The van der Waals surface area contributed by atoms with Crippen molar-refractivity contribution < 1.29 is 8.42 Å². The van der Waals surface area contributed by atoms with Crippen molar-refractivity contribution in [3.63, 3.8) is 0 Å². The summed E-state index contributed by atoms with van der Waals surface area (Å²) in [6.07, 6.45) is 1.93. The zero-order valence-electron chi connectivity index (χ0n) is 10.9. The predicted molar refractivity (Wildman–Crippen MR) is 79.0 cm³/mol. The van der Waals surface area contributed by atoms with Crippen molar-refractivity contribution in [2.45, 2.75) is 17.9 Å². The van der Waals surface area contributed by atoms with E-state index in [1.54, 1.807) is 18.8 Å². The Kier molecular flexibility index (Phi) is 5.68. The standard InChI is InChI=1S/C12H15ClN2O2S2/c1-9(8-18-3)15(2)19(16,17)11-5-4-10(7-14)12(13)6-11/h4-6,9H,8H2,1-3H3. The molecule has 0 saturated heterocycles. The zero-order chi connectivity index (χ0) is 14.6. The quantitative estimate of drug-likeness (QED) is 0.837. The lowest BCUT2D eigenvalue weighted by Gasteiger charge is -2.23. The summed E-state index contributed by atoms with van der Waals surface area (Å²) in [5.41, 5.74) is 0.264. The molecule has 4 nitrogen and oxygen atoms in total. The minimum atomic E-state index is -3.58. The highest BCUT2D eigenvalue weighted by molar-refractivity contribution is 7.98. The fourth-order valence-electron chi connectivity index (χ4n) is 1.50. The Balaban J connectivity index is 3.14. The maximum absolute atomic E-state index is 12.4. The number of hydrogen-bond acceptors (Lipinski definition) is 4. The van der Waals surface area contributed by atoms with Gasteiger partial charge in [-0.25, -0.2) is 8.42 Å². The molecule has 1 atom stereocenters. The molecule has 0 aliphatic rings. The van der Waals surface area contributed by atoms with E-state index in [-0.39, 0.29) is 21.5 Å². The molecule has 0 amide bonds. The van der Waals surface area contributed by atoms with Crippen molar-refractivity contribution >= 4 is 33.4 Å². The molecule has 0 N–H and O–H groups in total. The van der Waals surface area contributed by atoms with Crippen LogP contribution in [-0.2, 0) is 10.0 Å². The van der Waals surface area contributed by atoms with Crippen LogP contribution >= 0.6 is 23.4 Å². The summed E-state index contributed by atoms with van der Waals surface area (Å²) >= 11 is 7.45. The molecule has 104 valence electrons. The van der Waals surface area contributed by atoms with E-state index in [9.17, 15) is 8.42 Å². The van der Waals surface area contributed by atoms with E-state index in [2.05, 4.69) is 0 Å². The Morgan fingerprint density at radius 1 is 1.53 bits per heavy atom. The first-order valence-corrected chi connectivity index (χ1v) is 8.72. The van der Waals surface area contributed by atoms with Gasteiger partial charge >= 0.3 is 0 Å². The van der Waals surface area contributed by atoms with Crippen LogP contribution in [0.5, 0.6) is 0 Å². The molecule has 0 bridgehead atoms. The second-order valence-electron chi connectivity index (χ2n) is 4.08. The van der Waals surface area contributed by atoms with Crippen molar-refractivity contribution in [2.24, 2.45) is 0 Å². The van der Waals surface area contributed by atoms with E-state index in [0.717, 1.165) is 0 Å². The molecule has 7 heteroatoms. The molecular formula is C12H15ClN2O2S2. The van der Waals surface area contributed by atoms with E-state index < -0.39 is 10.0 Å². The number of thioether (sulfide) groups is 1. The molecule has 0 aliphatic heterocycles. The van der Waals surface area contributed by atoms with Crippen molar-refractivity contribution in [3.05, 3.63) is 28.8 Å². The lowest BCUT2D eigenvalue weighted by Crippen LogP contribution is -2.36. The lowest BCUT2D eigenvalue weighted by atomic mass is 10.2.